The summed E-state index contributed by atoms with van der Waals surface area (Å²) in [5, 5.41) is 3.64. The highest BCUT2D eigenvalue weighted by Gasteiger charge is 2.16. The second kappa shape index (κ2) is 5.41. The lowest BCUT2D eigenvalue weighted by atomic mass is 10.0. The Morgan fingerprint density at radius 2 is 2.00 bits per heavy atom. The van der Waals surface area contributed by atoms with E-state index in [0.29, 0.717) is 6.04 Å². The fraction of sp³-hybridized carbons (Fsp3) is 0.571. The standard InChI is InChI=1S/C14H22N2O/c1-11-10-13(17-3)4-5-14(11)15-12-6-8-16(2)9-7-12/h4-5,10,12,15H,6-9H2,1-3H3. The summed E-state index contributed by atoms with van der Waals surface area (Å²) in [6.07, 6.45) is 2.45. The molecule has 17 heavy (non-hydrogen) atoms. The first-order chi connectivity index (χ1) is 8.19. The molecule has 0 saturated carbocycles. The molecule has 0 bridgehead atoms. The van der Waals surface area contributed by atoms with E-state index in [2.05, 4.69) is 36.3 Å². The predicted molar refractivity (Wildman–Crippen MR) is 71.9 cm³/mol. The van der Waals surface area contributed by atoms with Crippen molar-refractivity contribution in [1.82, 2.24) is 4.90 Å². The van der Waals surface area contributed by atoms with Crippen molar-refractivity contribution in [1.29, 1.82) is 0 Å². The summed E-state index contributed by atoms with van der Waals surface area (Å²) in [6.45, 7) is 4.50. The average molecular weight is 234 g/mol. The minimum atomic E-state index is 0.610. The highest BCUT2D eigenvalue weighted by Crippen LogP contribution is 2.23. The second-order valence-electron chi connectivity index (χ2n) is 4.90. The molecular formula is C14H22N2O. The molecule has 0 aromatic heterocycles. The maximum Gasteiger partial charge on any atom is 0.119 e. The number of nitrogens with zero attached hydrogens (tertiary/aromatic N) is 1. The number of anilines is 1. The van der Waals surface area contributed by atoms with Crippen LogP contribution in [0, 0.1) is 6.92 Å². The number of likely N-dealkylation sites (tertiary alicyclic amines) is 1. The maximum absolute atomic E-state index is 5.22. The summed E-state index contributed by atoms with van der Waals surface area (Å²) in [4.78, 5) is 2.39. The van der Waals surface area contributed by atoms with Crippen LogP contribution in [0.2, 0.25) is 0 Å². The van der Waals surface area contributed by atoms with Gasteiger partial charge in [0.15, 0.2) is 0 Å². The van der Waals surface area contributed by atoms with Gasteiger partial charge in [-0.1, -0.05) is 0 Å². The van der Waals surface area contributed by atoms with Crippen LogP contribution in [-0.2, 0) is 0 Å². The minimum absolute atomic E-state index is 0.610. The molecule has 94 valence electrons. The zero-order valence-corrected chi connectivity index (χ0v) is 11.0. The van der Waals surface area contributed by atoms with E-state index in [-0.39, 0.29) is 0 Å². The summed E-state index contributed by atoms with van der Waals surface area (Å²) < 4.78 is 5.22. The lowest BCUT2D eigenvalue weighted by Crippen LogP contribution is -2.36. The summed E-state index contributed by atoms with van der Waals surface area (Å²) in [5.41, 5.74) is 2.49. The van der Waals surface area contributed by atoms with E-state index < -0.39 is 0 Å². The number of piperidine rings is 1. The normalized spacial score (nSPS) is 18.1. The molecule has 2 rings (SSSR count). The number of rotatable bonds is 3. The zero-order chi connectivity index (χ0) is 12.3. The minimum Gasteiger partial charge on any atom is -0.497 e. The molecule has 0 spiro atoms. The van der Waals surface area contributed by atoms with Gasteiger partial charge in [0.05, 0.1) is 7.11 Å². The number of aryl methyl sites for hydroxylation is 1. The van der Waals surface area contributed by atoms with Gasteiger partial charge in [-0.3, -0.25) is 0 Å². The van der Waals surface area contributed by atoms with Crippen molar-refractivity contribution >= 4 is 5.69 Å². The van der Waals surface area contributed by atoms with E-state index in [9.17, 15) is 0 Å². The Morgan fingerprint density at radius 1 is 1.29 bits per heavy atom. The summed E-state index contributed by atoms with van der Waals surface area (Å²) in [6, 6.07) is 6.83. The Labute approximate surface area is 104 Å². The van der Waals surface area contributed by atoms with Crippen molar-refractivity contribution in [2.75, 3.05) is 32.6 Å². The molecule has 1 aromatic rings. The van der Waals surface area contributed by atoms with Gasteiger partial charge in [0.1, 0.15) is 5.75 Å². The molecular weight excluding hydrogens is 212 g/mol. The molecule has 0 unspecified atom stereocenters. The molecule has 1 heterocycles. The Kier molecular flexibility index (Phi) is 3.89. The molecule has 1 N–H and O–H groups in total. The van der Waals surface area contributed by atoms with Crippen LogP contribution in [0.25, 0.3) is 0 Å². The Morgan fingerprint density at radius 3 is 2.59 bits per heavy atom. The predicted octanol–water partition coefficient (Wildman–Crippen LogP) is 2.51. The van der Waals surface area contributed by atoms with E-state index in [1.165, 1.54) is 37.2 Å². The third-order valence-electron chi connectivity index (χ3n) is 3.51. The van der Waals surface area contributed by atoms with Crippen LogP contribution in [0.1, 0.15) is 18.4 Å². The topological polar surface area (TPSA) is 24.5 Å². The van der Waals surface area contributed by atoms with E-state index in [4.69, 9.17) is 4.74 Å². The number of ether oxygens (including phenoxy) is 1. The second-order valence-corrected chi connectivity index (χ2v) is 4.90. The quantitative estimate of drug-likeness (QED) is 0.869. The number of nitrogens with one attached hydrogen (secondary N) is 1. The summed E-state index contributed by atoms with van der Waals surface area (Å²) >= 11 is 0. The van der Waals surface area contributed by atoms with Crippen molar-refractivity contribution in [2.45, 2.75) is 25.8 Å². The van der Waals surface area contributed by atoms with E-state index in [1.807, 2.05) is 6.07 Å². The summed E-state index contributed by atoms with van der Waals surface area (Å²) in [7, 11) is 3.90. The van der Waals surface area contributed by atoms with Gasteiger partial charge >= 0.3 is 0 Å². The molecule has 1 aromatic carbocycles. The molecule has 1 aliphatic rings. The highest BCUT2D eigenvalue weighted by atomic mass is 16.5. The van der Waals surface area contributed by atoms with Gasteiger partial charge in [0.25, 0.3) is 0 Å². The van der Waals surface area contributed by atoms with Gasteiger partial charge in [-0.25, -0.2) is 0 Å². The monoisotopic (exact) mass is 234 g/mol. The molecule has 0 atom stereocenters. The third kappa shape index (κ3) is 3.13. The van der Waals surface area contributed by atoms with E-state index in [0.717, 1.165) is 5.75 Å². The van der Waals surface area contributed by atoms with Gasteiger partial charge in [-0.2, -0.15) is 0 Å². The summed E-state index contributed by atoms with van der Waals surface area (Å²) in [5.74, 6) is 0.927. The number of hydrogen-bond donors (Lipinski definition) is 1. The van der Waals surface area contributed by atoms with Crippen LogP contribution in [0.3, 0.4) is 0 Å². The first-order valence-corrected chi connectivity index (χ1v) is 6.29. The van der Waals surface area contributed by atoms with Crippen LogP contribution in [0.4, 0.5) is 5.69 Å². The van der Waals surface area contributed by atoms with Gasteiger partial charge in [0.2, 0.25) is 0 Å². The molecule has 1 aliphatic heterocycles. The maximum atomic E-state index is 5.22. The molecule has 3 heteroatoms. The molecule has 0 radical (unpaired) electrons. The lowest BCUT2D eigenvalue weighted by molar-refractivity contribution is 0.264. The number of hydrogen-bond acceptors (Lipinski definition) is 3. The van der Waals surface area contributed by atoms with Crippen LogP contribution in [0.5, 0.6) is 5.75 Å². The Bertz CT molecular complexity index is 370. The first-order valence-electron chi connectivity index (χ1n) is 6.29. The number of benzene rings is 1. The van der Waals surface area contributed by atoms with Crippen molar-refractivity contribution in [3.8, 4) is 5.75 Å². The zero-order valence-electron chi connectivity index (χ0n) is 11.0. The molecule has 0 amide bonds. The SMILES string of the molecule is COc1ccc(NC2CCN(C)CC2)c(C)c1. The van der Waals surface area contributed by atoms with Gasteiger partial charge < -0.3 is 15.0 Å². The molecule has 1 fully saturated rings. The van der Waals surface area contributed by atoms with E-state index in [1.54, 1.807) is 7.11 Å². The lowest BCUT2D eigenvalue weighted by Gasteiger charge is -2.30. The highest BCUT2D eigenvalue weighted by molar-refractivity contribution is 5.54. The Balaban J connectivity index is 1.99. The van der Waals surface area contributed by atoms with E-state index >= 15 is 0 Å². The van der Waals surface area contributed by atoms with Crippen LogP contribution in [0.15, 0.2) is 18.2 Å². The smallest absolute Gasteiger partial charge is 0.119 e. The molecule has 0 aliphatic carbocycles. The van der Waals surface area contributed by atoms with Gasteiger partial charge in [-0.15, -0.1) is 0 Å². The fourth-order valence-corrected chi connectivity index (χ4v) is 2.30. The first kappa shape index (κ1) is 12.2. The number of methoxy groups -OCH3 is 1. The van der Waals surface area contributed by atoms with Crippen molar-refractivity contribution < 1.29 is 4.74 Å². The molecule has 1 saturated heterocycles. The van der Waals surface area contributed by atoms with Crippen molar-refractivity contribution in [3.63, 3.8) is 0 Å². The van der Waals surface area contributed by atoms with Crippen LogP contribution < -0.4 is 10.1 Å². The van der Waals surface area contributed by atoms with Crippen molar-refractivity contribution in [3.05, 3.63) is 23.8 Å². The van der Waals surface area contributed by atoms with Crippen LogP contribution >= 0.6 is 0 Å². The average Bonchev–Trinajstić information content (AvgIpc) is 2.34. The van der Waals surface area contributed by atoms with Gasteiger partial charge in [0, 0.05) is 11.7 Å². The molecule has 3 nitrogen and oxygen atoms in total. The largest absolute Gasteiger partial charge is 0.497 e. The van der Waals surface area contributed by atoms with Crippen LogP contribution in [-0.4, -0.2) is 38.2 Å². The Hall–Kier alpha value is -1.22. The fourth-order valence-electron chi connectivity index (χ4n) is 2.30. The van der Waals surface area contributed by atoms with Gasteiger partial charge in [-0.05, 0) is 63.7 Å². The van der Waals surface area contributed by atoms with Crippen molar-refractivity contribution in [2.24, 2.45) is 0 Å². The third-order valence-corrected chi connectivity index (χ3v) is 3.51.